The number of alkyl halides is 3. The van der Waals surface area contributed by atoms with Crippen LogP contribution in [-0.4, -0.2) is 13.7 Å². The summed E-state index contributed by atoms with van der Waals surface area (Å²) >= 11 is 0. The molecule has 2 aromatic rings. The largest absolute Gasteiger partial charge is 0.417 e. The summed E-state index contributed by atoms with van der Waals surface area (Å²) in [4.78, 5) is 0. The van der Waals surface area contributed by atoms with Gasteiger partial charge in [0.15, 0.2) is 0 Å². The Morgan fingerprint density at radius 2 is 1.67 bits per heavy atom. The van der Waals surface area contributed by atoms with Crippen LogP contribution in [0.3, 0.4) is 0 Å². The van der Waals surface area contributed by atoms with Crippen LogP contribution >= 0.6 is 0 Å². The number of methoxy groups -OCH3 is 1. The highest BCUT2D eigenvalue weighted by atomic mass is 19.4. The molecule has 2 aromatic carbocycles. The summed E-state index contributed by atoms with van der Waals surface area (Å²) in [6.07, 6.45) is -3.85. The van der Waals surface area contributed by atoms with Crippen LogP contribution in [0.4, 0.5) is 18.9 Å². The smallest absolute Gasteiger partial charge is 0.398 e. The molecule has 0 aliphatic carbocycles. The van der Waals surface area contributed by atoms with E-state index in [9.17, 15) is 13.2 Å². The van der Waals surface area contributed by atoms with Crippen molar-refractivity contribution in [1.82, 2.24) is 0 Å². The molecule has 0 heterocycles. The molecule has 21 heavy (non-hydrogen) atoms. The van der Waals surface area contributed by atoms with E-state index in [1.165, 1.54) is 12.1 Å². The Balaban J connectivity index is 2.53. The van der Waals surface area contributed by atoms with Crippen LogP contribution in [0.15, 0.2) is 42.5 Å². The third kappa shape index (κ3) is 3.36. The monoisotopic (exact) mass is 295 g/mol. The van der Waals surface area contributed by atoms with Crippen LogP contribution in [-0.2, 0) is 17.3 Å². The maximum Gasteiger partial charge on any atom is 0.417 e. The molecule has 0 unspecified atom stereocenters. The Kier molecular flexibility index (Phi) is 4.53. The minimum atomic E-state index is -4.41. The van der Waals surface area contributed by atoms with Gasteiger partial charge < -0.3 is 10.5 Å². The maximum atomic E-state index is 13.1. The average molecular weight is 295 g/mol. The van der Waals surface area contributed by atoms with Gasteiger partial charge in [-0.1, -0.05) is 36.4 Å². The zero-order valence-electron chi connectivity index (χ0n) is 11.6. The molecule has 0 fully saturated rings. The fraction of sp³-hybridized carbons (Fsp3) is 0.250. The molecule has 0 atom stereocenters. The predicted octanol–water partition coefficient (Wildman–Crippen LogP) is 4.14. The Morgan fingerprint density at radius 3 is 2.33 bits per heavy atom. The standard InChI is InChI=1S/C16H16F3NO/c1-21-10-9-11-5-4-7-13(15(11)20)12-6-2-3-8-14(12)16(17,18)19/h2-8H,9-10,20H2,1H3. The van der Waals surface area contributed by atoms with E-state index in [-0.39, 0.29) is 5.56 Å². The van der Waals surface area contributed by atoms with Crippen molar-refractivity contribution >= 4 is 5.69 Å². The molecule has 0 aromatic heterocycles. The van der Waals surface area contributed by atoms with E-state index in [1.54, 1.807) is 31.4 Å². The molecular formula is C16H16F3NO. The lowest BCUT2D eigenvalue weighted by Crippen LogP contribution is -2.08. The summed E-state index contributed by atoms with van der Waals surface area (Å²) in [5.74, 6) is 0. The molecule has 0 aliphatic rings. The molecule has 0 spiro atoms. The zero-order valence-corrected chi connectivity index (χ0v) is 11.6. The molecule has 2 rings (SSSR count). The minimum Gasteiger partial charge on any atom is -0.398 e. The fourth-order valence-electron chi connectivity index (χ4n) is 2.24. The van der Waals surface area contributed by atoms with Gasteiger partial charge in [-0.2, -0.15) is 13.2 Å². The van der Waals surface area contributed by atoms with Gasteiger partial charge in [-0.05, 0) is 23.6 Å². The lowest BCUT2D eigenvalue weighted by Gasteiger charge is -2.16. The van der Waals surface area contributed by atoms with Gasteiger partial charge in [-0.25, -0.2) is 0 Å². The van der Waals surface area contributed by atoms with Crippen molar-refractivity contribution in [2.24, 2.45) is 0 Å². The van der Waals surface area contributed by atoms with Crippen molar-refractivity contribution in [3.05, 3.63) is 53.6 Å². The van der Waals surface area contributed by atoms with Crippen LogP contribution in [0.1, 0.15) is 11.1 Å². The zero-order chi connectivity index (χ0) is 15.5. The van der Waals surface area contributed by atoms with Crippen molar-refractivity contribution in [2.75, 3.05) is 19.5 Å². The van der Waals surface area contributed by atoms with E-state index in [1.807, 2.05) is 0 Å². The van der Waals surface area contributed by atoms with E-state index in [0.29, 0.717) is 24.3 Å². The van der Waals surface area contributed by atoms with Crippen LogP contribution in [0.25, 0.3) is 11.1 Å². The number of nitrogens with two attached hydrogens (primary N) is 1. The highest BCUT2D eigenvalue weighted by Gasteiger charge is 2.33. The molecule has 2 N–H and O–H groups in total. The van der Waals surface area contributed by atoms with Gasteiger partial charge in [-0.3, -0.25) is 0 Å². The molecular weight excluding hydrogens is 279 g/mol. The molecule has 0 bridgehead atoms. The van der Waals surface area contributed by atoms with E-state index < -0.39 is 11.7 Å². The second-order valence-electron chi connectivity index (χ2n) is 4.66. The number of hydrogen-bond donors (Lipinski definition) is 1. The summed E-state index contributed by atoms with van der Waals surface area (Å²) < 4.78 is 44.3. The summed E-state index contributed by atoms with van der Waals surface area (Å²) in [6.45, 7) is 0.467. The van der Waals surface area contributed by atoms with Gasteiger partial charge in [0.2, 0.25) is 0 Å². The topological polar surface area (TPSA) is 35.2 Å². The first-order valence-electron chi connectivity index (χ1n) is 6.48. The first-order valence-corrected chi connectivity index (χ1v) is 6.48. The lowest BCUT2D eigenvalue weighted by atomic mass is 9.95. The number of hydrogen-bond acceptors (Lipinski definition) is 2. The van der Waals surface area contributed by atoms with E-state index in [0.717, 1.165) is 11.6 Å². The first-order chi connectivity index (χ1) is 9.95. The van der Waals surface area contributed by atoms with Crippen molar-refractivity contribution in [3.63, 3.8) is 0 Å². The number of anilines is 1. The van der Waals surface area contributed by atoms with E-state index in [2.05, 4.69) is 0 Å². The number of nitrogen functional groups attached to an aromatic ring is 1. The van der Waals surface area contributed by atoms with Crippen LogP contribution < -0.4 is 5.73 Å². The van der Waals surface area contributed by atoms with E-state index >= 15 is 0 Å². The SMILES string of the molecule is COCCc1cccc(-c2ccccc2C(F)(F)F)c1N. The quantitative estimate of drug-likeness (QED) is 0.860. The third-order valence-electron chi connectivity index (χ3n) is 3.29. The Hall–Kier alpha value is -2.01. The van der Waals surface area contributed by atoms with Crippen molar-refractivity contribution in [2.45, 2.75) is 12.6 Å². The Bertz CT molecular complexity index is 623. The molecule has 0 amide bonds. The summed E-state index contributed by atoms with van der Waals surface area (Å²) in [7, 11) is 1.57. The normalized spacial score (nSPS) is 11.6. The second kappa shape index (κ2) is 6.18. The minimum absolute atomic E-state index is 0.0989. The molecule has 0 saturated heterocycles. The van der Waals surface area contributed by atoms with Crippen molar-refractivity contribution < 1.29 is 17.9 Å². The van der Waals surface area contributed by atoms with Crippen molar-refractivity contribution in [3.8, 4) is 11.1 Å². The molecule has 5 heteroatoms. The van der Waals surface area contributed by atoms with E-state index in [4.69, 9.17) is 10.5 Å². The molecule has 0 aliphatic heterocycles. The predicted molar refractivity (Wildman–Crippen MR) is 76.9 cm³/mol. The highest BCUT2D eigenvalue weighted by Crippen LogP contribution is 2.39. The van der Waals surface area contributed by atoms with Crippen LogP contribution in [0, 0.1) is 0 Å². The summed E-state index contributed by atoms with van der Waals surface area (Å²) in [5, 5.41) is 0. The number of rotatable bonds is 4. The number of ether oxygens (including phenoxy) is 1. The number of halogens is 3. The van der Waals surface area contributed by atoms with Gasteiger partial charge in [0.25, 0.3) is 0 Å². The average Bonchev–Trinajstić information content (AvgIpc) is 2.45. The molecule has 0 saturated carbocycles. The van der Waals surface area contributed by atoms with Gasteiger partial charge in [0.1, 0.15) is 0 Å². The fourth-order valence-corrected chi connectivity index (χ4v) is 2.24. The molecule has 2 nitrogen and oxygen atoms in total. The van der Waals surface area contributed by atoms with Gasteiger partial charge >= 0.3 is 6.18 Å². The summed E-state index contributed by atoms with van der Waals surface area (Å²) in [6, 6.07) is 10.6. The van der Waals surface area contributed by atoms with Gasteiger partial charge in [-0.15, -0.1) is 0 Å². The summed E-state index contributed by atoms with van der Waals surface area (Å²) in [5.41, 5.74) is 7.01. The van der Waals surface area contributed by atoms with Crippen molar-refractivity contribution in [1.29, 1.82) is 0 Å². The molecule has 0 radical (unpaired) electrons. The molecule has 112 valence electrons. The Labute approximate surface area is 121 Å². The highest BCUT2D eigenvalue weighted by molar-refractivity contribution is 5.80. The van der Waals surface area contributed by atoms with Gasteiger partial charge in [0, 0.05) is 18.4 Å². The van der Waals surface area contributed by atoms with Gasteiger partial charge in [0.05, 0.1) is 12.2 Å². The van der Waals surface area contributed by atoms with Crippen LogP contribution in [0.5, 0.6) is 0 Å². The third-order valence-corrected chi connectivity index (χ3v) is 3.29. The lowest BCUT2D eigenvalue weighted by molar-refractivity contribution is -0.137. The second-order valence-corrected chi connectivity index (χ2v) is 4.66. The number of benzene rings is 2. The first kappa shape index (κ1) is 15.4. The Morgan fingerprint density at radius 1 is 1.00 bits per heavy atom. The van der Waals surface area contributed by atoms with Crippen LogP contribution in [0.2, 0.25) is 0 Å². The number of para-hydroxylation sites is 1. The maximum absolute atomic E-state index is 13.1.